The maximum Gasteiger partial charge on any atom is 0.316 e. The van der Waals surface area contributed by atoms with Crippen LogP contribution >= 0.6 is 0 Å². The molecular formula is C12H13N5O2. The van der Waals surface area contributed by atoms with E-state index in [-0.39, 0.29) is 5.95 Å². The number of aromatic nitrogens is 3. The highest BCUT2D eigenvalue weighted by atomic mass is 16.2. The molecule has 19 heavy (non-hydrogen) atoms. The number of aryl methyl sites for hydroxylation is 1. The summed E-state index contributed by atoms with van der Waals surface area (Å²) in [6, 6.07) is 7.67. The van der Waals surface area contributed by atoms with E-state index in [0.29, 0.717) is 6.54 Å². The van der Waals surface area contributed by atoms with Crippen molar-refractivity contribution in [2.45, 2.75) is 13.5 Å². The van der Waals surface area contributed by atoms with Crippen molar-refractivity contribution in [1.29, 1.82) is 0 Å². The van der Waals surface area contributed by atoms with Crippen molar-refractivity contribution in [2.75, 3.05) is 5.32 Å². The molecule has 0 atom stereocenters. The lowest BCUT2D eigenvalue weighted by Crippen LogP contribution is -2.35. The molecule has 0 unspecified atom stereocenters. The zero-order chi connectivity index (χ0) is 13.7. The third-order valence-electron chi connectivity index (χ3n) is 2.43. The summed E-state index contributed by atoms with van der Waals surface area (Å²) in [5, 5.41) is 10.8. The molecule has 7 heteroatoms. The zero-order valence-electron chi connectivity index (χ0n) is 10.3. The zero-order valence-corrected chi connectivity index (χ0v) is 10.3. The van der Waals surface area contributed by atoms with E-state index in [4.69, 9.17) is 0 Å². The first-order valence-corrected chi connectivity index (χ1v) is 5.65. The summed E-state index contributed by atoms with van der Waals surface area (Å²) in [5.74, 6) is -1.38. The number of amides is 2. The Morgan fingerprint density at radius 2 is 1.95 bits per heavy atom. The predicted octanol–water partition coefficient (Wildman–Crippen LogP) is 0.368. The largest absolute Gasteiger partial charge is 0.344 e. The Hall–Kier alpha value is -2.70. The predicted molar refractivity (Wildman–Crippen MR) is 68.0 cm³/mol. The highest BCUT2D eigenvalue weighted by Gasteiger charge is 2.14. The third kappa shape index (κ3) is 3.63. The number of nitrogens with zero attached hydrogens (tertiary/aromatic N) is 2. The molecule has 0 spiro atoms. The van der Waals surface area contributed by atoms with Crippen molar-refractivity contribution in [3.05, 3.63) is 41.7 Å². The third-order valence-corrected chi connectivity index (χ3v) is 2.43. The number of aromatic amines is 1. The van der Waals surface area contributed by atoms with E-state index in [1.54, 1.807) is 0 Å². The Morgan fingerprint density at radius 3 is 2.58 bits per heavy atom. The van der Waals surface area contributed by atoms with Crippen LogP contribution < -0.4 is 10.6 Å². The van der Waals surface area contributed by atoms with Crippen LogP contribution in [0.25, 0.3) is 0 Å². The van der Waals surface area contributed by atoms with Crippen molar-refractivity contribution in [1.82, 2.24) is 20.5 Å². The first-order valence-electron chi connectivity index (χ1n) is 5.65. The van der Waals surface area contributed by atoms with E-state index in [0.717, 1.165) is 11.1 Å². The van der Waals surface area contributed by atoms with Crippen LogP contribution in [0.4, 0.5) is 5.95 Å². The highest BCUT2D eigenvalue weighted by Crippen LogP contribution is 2.02. The van der Waals surface area contributed by atoms with Crippen LogP contribution in [0.5, 0.6) is 0 Å². The summed E-state index contributed by atoms with van der Waals surface area (Å²) in [5.41, 5.74) is 2.06. The summed E-state index contributed by atoms with van der Waals surface area (Å²) in [7, 11) is 0. The standard InChI is InChI=1S/C12H13N5O2/c1-8-2-4-9(5-3-8)6-13-10(18)11(19)16-12-14-7-15-17-12/h2-5,7H,6H2,1H3,(H,13,18)(H2,14,15,16,17,19). The van der Waals surface area contributed by atoms with E-state index in [1.165, 1.54) is 6.33 Å². The molecule has 0 bridgehead atoms. The molecule has 0 aliphatic heterocycles. The lowest BCUT2D eigenvalue weighted by atomic mass is 10.1. The van der Waals surface area contributed by atoms with Gasteiger partial charge in [0, 0.05) is 6.54 Å². The van der Waals surface area contributed by atoms with Crippen LogP contribution in [0, 0.1) is 6.92 Å². The minimum atomic E-state index is -0.788. The number of carbonyl (C=O) groups excluding carboxylic acids is 2. The average molecular weight is 259 g/mol. The second-order valence-corrected chi connectivity index (χ2v) is 3.96. The Kier molecular flexibility index (Phi) is 3.87. The molecule has 2 amide bonds. The molecule has 1 aromatic carbocycles. The molecule has 0 radical (unpaired) electrons. The van der Waals surface area contributed by atoms with Crippen molar-refractivity contribution in [3.63, 3.8) is 0 Å². The van der Waals surface area contributed by atoms with Gasteiger partial charge < -0.3 is 5.32 Å². The number of rotatable bonds is 3. The van der Waals surface area contributed by atoms with Crippen LogP contribution in [0.1, 0.15) is 11.1 Å². The quantitative estimate of drug-likeness (QED) is 0.693. The van der Waals surface area contributed by atoms with E-state index < -0.39 is 11.8 Å². The molecule has 0 aliphatic rings. The molecular weight excluding hydrogens is 246 g/mol. The van der Waals surface area contributed by atoms with E-state index in [2.05, 4.69) is 25.8 Å². The number of benzene rings is 1. The molecule has 1 heterocycles. The monoisotopic (exact) mass is 259 g/mol. The summed E-state index contributed by atoms with van der Waals surface area (Å²) < 4.78 is 0. The Bertz CT molecular complexity index is 562. The van der Waals surface area contributed by atoms with Gasteiger partial charge in [-0.1, -0.05) is 29.8 Å². The molecule has 0 saturated carbocycles. The van der Waals surface area contributed by atoms with Crippen LogP contribution in [0.3, 0.4) is 0 Å². The SMILES string of the molecule is Cc1ccc(CNC(=O)C(=O)Nc2ncn[nH]2)cc1. The number of carbonyl (C=O) groups is 2. The fourth-order valence-corrected chi connectivity index (χ4v) is 1.40. The lowest BCUT2D eigenvalue weighted by Gasteiger charge is -2.05. The molecule has 0 fully saturated rings. The maximum atomic E-state index is 11.5. The van der Waals surface area contributed by atoms with Crippen molar-refractivity contribution >= 4 is 17.8 Å². The molecule has 2 aromatic rings. The van der Waals surface area contributed by atoms with E-state index in [1.807, 2.05) is 31.2 Å². The topological polar surface area (TPSA) is 99.8 Å². The number of anilines is 1. The van der Waals surface area contributed by atoms with E-state index >= 15 is 0 Å². The van der Waals surface area contributed by atoms with Crippen LogP contribution in [0.15, 0.2) is 30.6 Å². The second kappa shape index (κ2) is 5.76. The fourth-order valence-electron chi connectivity index (χ4n) is 1.40. The first kappa shape index (κ1) is 12.7. The van der Waals surface area contributed by atoms with Crippen molar-refractivity contribution in [2.24, 2.45) is 0 Å². The lowest BCUT2D eigenvalue weighted by molar-refractivity contribution is -0.136. The Morgan fingerprint density at radius 1 is 1.21 bits per heavy atom. The molecule has 0 saturated heterocycles. The molecule has 1 aromatic heterocycles. The maximum absolute atomic E-state index is 11.5. The van der Waals surface area contributed by atoms with E-state index in [9.17, 15) is 9.59 Å². The molecule has 3 N–H and O–H groups in total. The van der Waals surface area contributed by atoms with Gasteiger partial charge in [-0.3, -0.25) is 14.9 Å². The van der Waals surface area contributed by atoms with Gasteiger partial charge in [-0.05, 0) is 12.5 Å². The molecule has 0 aliphatic carbocycles. The number of hydrogen-bond donors (Lipinski definition) is 3. The van der Waals surface area contributed by atoms with Crippen LogP contribution in [-0.4, -0.2) is 27.0 Å². The van der Waals surface area contributed by atoms with Crippen LogP contribution in [-0.2, 0) is 16.1 Å². The number of nitrogens with one attached hydrogen (secondary N) is 3. The molecule has 7 nitrogen and oxygen atoms in total. The van der Waals surface area contributed by atoms with Gasteiger partial charge in [0.25, 0.3) is 0 Å². The van der Waals surface area contributed by atoms with Crippen LogP contribution in [0.2, 0.25) is 0 Å². The summed E-state index contributed by atoms with van der Waals surface area (Å²) in [4.78, 5) is 26.7. The number of H-pyrrole nitrogens is 1. The Labute approximate surface area is 109 Å². The van der Waals surface area contributed by atoms with Gasteiger partial charge in [-0.25, -0.2) is 5.10 Å². The van der Waals surface area contributed by atoms with Gasteiger partial charge in [0.2, 0.25) is 5.95 Å². The minimum absolute atomic E-state index is 0.135. The first-order chi connectivity index (χ1) is 9.15. The summed E-state index contributed by atoms with van der Waals surface area (Å²) in [6.07, 6.45) is 1.24. The minimum Gasteiger partial charge on any atom is -0.344 e. The van der Waals surface area contributed by atoms with Crippen molar-refractivity contribution in [3.8, 4) is 0 Å². The van der Waals surface area contributed by atoms with Crippen molar-refractivity contribution < 1.29 is 9.59 Å². The Balaban J connectivity index is 1.84. The highest BCUT2D eigenvalue weighted by molar-refractivity contribution is 6.39. The van der Waals surface area contributed by atoms with Gasteiger partial charge >= 0.3 is 11.8 Å². The summed E-state index contributed by atoms with van der Waals surface area (Å²) in [6.45, 7) is 2.27. The van der Waals surface area contributed by atoms with Gasteiger partial charge in [0.1, 0.15) is 6.33 Å². The smallest absolute Gasteiger partial charge is 0.316 e. The van der Waals surface area contributed by atoms with Gasteiger partial charge in [0.15, 0.2) is 0 Å². The molecule has 2 rings (SSSR count). The van der Waals surface area contributed by atoms with Gasteiger partial charge in [-0.15, -0.1) is 0 Å². The molecule has 98 valence electrons. The van der Waals surface area contributed by atoms with Gasteiger partial charge in [0.05, 0.1) is 0 Å². The second-order valence-electron chi connectivity index (χ2n) is 3.96. The number of hydrogen-bond acceptors (Lipinski definition) is 4. The van der Waals surface area contributed by atoms with Gasteiger partial charge in [-0.2, -0.15) is 10.1 Å². The fraction of sp³-hybridized carbons (Fsp3) is 0.167. The summed E-state index contributed by atoms with van der Waals surface area (Å²) >= 11 is 0. The average Bonchev–Trinajstić information content (AvgIpc) is 2.90. The normalized spacial score (nSPS) is 9.95.